The average Bonchev–Trinajstić information content (AvgIpc) is 3.82. The molecule has 2 atom stereocenters. The predicted octanol–water partition coefficient (Wildman–Crippen LogP) is 7.75. The molecule has 0 N–H and O–H groups in total. The fraction of sp³-hybridized carbons (Fsp3) is 0.314. The number of hydrogen-bond acceptors (Lipinski definition) is 9. The maximum atomic E-state index is 14.0. The summed E-state index contributed by atoms with van der Waals surface area (Å²) in [5.74, 6) is 1.17. The fourth-order valence-electron chi connectivity index (χ4n) is 9.38. The van der Waals surface area contributed by atoms with Gasteiger partial charge in [0.1, 0.15) is 36.8 Å². The standard InChI is InChI=1S/C51H49N3O8/c1-5-38(55)13-10-16-52(3)37-19-31(28-61-47-25-35-23-45(56)43-21-33-11-6-8-14-41(33)53(43)50(58)39(35)17-30(47)2)18-32(20-37)29-62-49-26-36-24-46(57)44-22-34-12-7-9-15-42(34)54(44)51(59)40(36)27-48(49)60-4/h6-9,11-12,14-15,17-20,25-27,43-44H,5,10,13,16,21-24,28-29H2,1-4H3/t43-,44-/m0/s1. The number of benzene rings is 5. The van der Waals surface area contributed by atoms with Crippen LogP contribution in [0.1, 0.15) is 85.8 Å². The van der Waals surface area contributed by atoms with E-state index in [0.29, 0.717) is 78.2 Å². The third-order valence-electron chi connectivity index (χ3n) is 12.7. The monoisotopic (exact) mass is 831 g/mol. The largest absolute Gasteiger partial charge is 0.493 e. The van der Waals surface area contributed by atoms with Gasteiger partial charge in [-0.25, -0.2) is 0 Å². The molecule has 11 heteroatoms. The summed E-state index contributed by atoms with van der Waals surface area (Å²) in [6, 6.07) is 27.5. The van der Waals surface area contributed by atoms with Crippen LogP contribution in [0.4, 0.5) is 17.1 Å². The Kier molecular flexibility index (Phi) is 10.9. The number of aryl methyl sites for hydroxylation is 1. The van der Waals surface area contributed by atoms with Crippen LogP contribution in [0.2, 0.25) is 0 Å². The van der Waals surface area contributed by atoms with E-state index in [1.165, 1.54) is 7.11 Å². The average molecular weight is 832 g/mol. The van der Waals surface area contributed by atoms with Crippen LogP contribution < -0.4 is 28.9 Å². The smallest absolute Gasteiger partial charge is 0.259 e. The summed E-state index contributed by atoms with van der Waals surface area (Å²) in [6.07, 6.45) is 2.94. The van der Waals surface area contributed by atoms with Gasteiger partial charge in [-0.15, -0.1) is 0 Å². The molecule has 0 saturated heterocycles. The number of ether oxygens (including phenoxy) is 3. The molecule has 316 valence electrons. The highest BCUT2D eigenvalue weighted by Crippen LogP contribution is 2.41. The quantitative estimate of drug-likeness (QED) is 0.117. The van der Waals surface area contributed by atoms with Crippen LogP contribution >= 0.6 is 0 Å². The van der Waals surface area contributed by atoms with Crippen LogP contribution in [0, 0.1) is 6.92 Å². The molecule has 0 saturated carbocycles. The molecule has 0 radical (unpaired) electrons. The van der Waals surface area contributed by atoms with Crippen molar-refractivity contribution in [1.82, 2.24) is 0 Å². The molecule has 0 aromatic heterocycles. The van der Waals surface area contributed by atoms with Gasteiger partial charge in [-0.1, -0.05) is 43.3 Å². The zero-order valence-corrected chi connectivity index (χ0v) is 35.5. The number of rotatable bonds is 13. The topological polar surface area (TPSA) is 123 Å². The number of anilines is 3. The molecular weight excluding hydrogens is 783 g/mol. The van der Waals surface area contributed by atoms with Crippen molar-refractivity contribution in [2.45, 2.75) is 84.1 Å². The second-order valence-corrected chi connectivity index (χ2v) is 16.8. The second-order valence-electron chi connectivity index (χ2n) is 16.8. The number of hydrogen-bond donors (Lipinski definition) is 0. The third kappa shape index (κ3) is 7.50. The maximum absolute atomic E-state index is 14.0. The molecule has 5 aromatic carbocycles. The summed E-state index contributed by atoms with van der Waals surface area (Å²) < 4.78 is 18.7. The van der Waals surface area contributed by atoms with Gasteiger partial charge in [0.2, 0.25) is 0 Å². The van der Waals surface area contributed by atoms with E-state index in [9.17, 15) is 24.0 Å². The van der Waals surface area contributed by atoms with Crippen LogP contribution in [-0.2, 0) is 53.3 Å². The van der Waals surface area contributed by atoms with Crippen molar-refractivity contribution >= 4 is 46.2 Å². The molecule has 0 spiro atoms. The van der Waals surface area contributed by atoms with Crippen LogP contribution in [0.25, 0.3) is 0 Å². The normalized spacial score (nSPS) is 17.3. The van der Waals surface area contributed by atoms with Gasteiger partial charge < -0.3 is 19.1 Å². The summed E-state index contributed by atoms with van der Waals surface area (Å²) in [6.45, 7) is 4.78. The summed E-state index contributed by atoms with van der Waals surface area (Å²) in [5, 5.41) is 0. The van der Waals surface area contributed by atoms with Crippen LogP contribution in [0.5, 0.6) is 17.2 Å². The van der Waals surface area contributed by atoms with E-state index < -0.39 is 12.1 Å². The molecule has 0 unspecified atom stereocenters. The van der Waals surface area contributed by atoms with Gasteiger partial charge in [0.25, 0.3) is 11.8 Å². The predicted molar refractivity (Wildman–Crippen MR) is 236 cm³/mol. The van der Waals surface area contributed by atoms with Crippen LogP contribution in [-0.4, -0.2) is 62.0 Å². The summed E-state index contributed by atoms with van der Waals surface area (Å²) in [4.78, 5) is 72.8. The number of para-hydroxylation sites is 2. The maximum Gasteiger partial charge on any atom is 0.259 e. The molecule has 4 aliphatic rings. The Bertz CT molecular complexity index is 2670. The van der Waals surface area contributed by atoms with E-state index in [1.807, 2.05) is 99.8 Å². The lowest BCUT2D eigenvalue weighted by Gasteiger charge is -2.23. The third-order valence-corrected chi connectivity index (χ3v) is 12.7. The highest BCUT2D eigenvalue weighted by Gasteiger charge is 2.43. The van der Waals surface area contributed by atoms with Gasteiger partial charge in [0.15, 0.2) is 23.1 Å². The lowest BCUT2D eigenvalue weighted by Crippen LogP contribution is -2.41. The van der Waals surface area contributed by atoms with Gasteiger partial charge in [-0.2, -0.15) is 0 Å². The molecular formula is C51H49N3O8. The minimum Gasteiger partial charge on any atom is -0.493 e. The highest BCUT2D eigenvalue weighted by atomic mass is 16.5. The van der Waals surface area contributed by atoms with Gasteiger partial charge >= 0.3 is 0 Å². The van der Waals surface area contributed by atoms with Gasteiger partial charge in [0.05, 0.1) is 7.11 Å². The number of carbonyl (C=O) groups excluding carboxylic acids is 5. The summed E-state index contributed by atoms with van der Waals surface area (Å²) >= 11 is 0. The Balaban J connectivity index is 0.972. The minimum atomic E-state index is -0.557. The number of amides is 2. The van der Waals surface area contributed by atoms with Crippen molar-refractivity contribution in [2.75, 3.05) is 35.4 Å². The molecule has 0 bridgehead atoms. The van der Waals surface area contributed by atoms with E-state index in [4.69, 9.17) is 14.2 Å². The Morgan fingerprint density at radius 2 is 1.21 bits per heavy atom. The lowest BCUT2D eigenvalue weighted by molar-refractivity contribution is -0.120. The van der Waals surface area contributed by atoms with Crippen molar-refractivity contribution in [2.24, 2.45) is 0 Å². The zero-order chi connectivity index (χ0) is 43.2. The number of Topliss-reactive ketones (excluding diaryl/α,β-unsaturated/α-hetero) is 3. The molecule has 2 amide bonds. The Morgan fingerprint density at radius 3 is 1.77 bits per heavy atom. The molecule has 11 nitrogen and oxygen atoms in total. The molecule has 0 aliphatic carbocycles. The molecule has 4 heterocycles. The molecule has 9 rings (SSSR count). The number of nitrogens with zero attached hydrogens (tertiary/aromatic N) is 3. The molecule has 0 fully saturated rings. The Labute approximate surface area is 361 Å². The number of fused-ring (bicyclic) bond motifs is 8. The zero-order valence-electron chi connectivity index (χ0n) is 35.5. The van der Waals surface area contributed by atoms with Gasteiger partial charge in [0, 0.05) is 80.3 Å². The van der Waals surface area contributed by atoms with Gasteiger partial charge in [-0.3, -0.25) is 33.8 Å². The summed E-state index contributed by atoms with van der Waals surface area (Å²) in [7, 11) is 3.52. The fourth-order valence-corrected chi connectivity index (χ4v) is 9.38. The van der Waals surface area contributed by atoms with Crippen LogP contribution in [0.15, 0.2) is 91.0 Å². The number of carbonyl (C=O) groups is 5. The van der Waals surface area contributed by atoms with E-state index in [1.54, 1.807) is 21.9 Å². The first kappa shape index (κ1) is 40.6. The Hall–Kier alpha value is -6.75. The number of ketones is 3. The van der Waals surface area contributed by atoms with E-state index >= 15 is 0 Å². The van der Waals surface area contributed by atoms with Crippen molar-refractivity contribution in [1.29, 1.82) is 0 Å². The minimum absolute atomic E-state index is 0.000424. The first-order chi connectivity index (χ1) is 30.0. The Morgan fingerprint density at radius 1 is 0.677 bits per heavy atom. The highest BCUT2D eigenvalue weighted by molar-refractivity contribution is 6.16. The SMILES string of the molecule is CCC(=O)CCCN(C)c1cc(COc2cc3c(cc2C)C(=O)N2c4ccccc4C[C@H]2C(=O)C3)cc(COc2cc3c(cc2OC)C(=O)N2c4ccccc4C[C@H]2C(=O)C3)c1. The van der Waals surface area contributed by atoms with Crippen LogP contribution in [0.3, 0.4) is 0 Å². The van der Waals surface area contributed by atoms with E-state index in [2.05, 4.69) is 4.90 Å². The first-order valence-corrected chi connectivity index (χ1v) is 21.3. The van der Waals surface area contributed by atoms with Gasteiger partial charge in [-0.05, 0) is 107 Å². The van der Waals surface area contributed by atoms with Crippen molar-refractivity contribution < 1.29 is 38.2 Å². The second kappa shape index (κ2) is 16.6. The van der Waals surface area contributed by atoms with E-state index in [-0.39, 0.29) is 55.2 Å². The number of methoxy groups -OCH3 is 1. The molecule has 5 aromatic rings. The molecule has 4 aliphatic heterocycles. The summed E-state index contributed by atoms with van der Waals surface area (Å²) in [5.41, 5.74) is 9.12. The molecule has 62 heavy (non-hydrogen) atoms. The first-order valence-electron chi connectivity index (χ1n) is 21.3. The lowest BCUT2D eigenvalue weighted by atomic mass is 9.97. The van der Waals surface area contributed by atoms with E-state index in [0.717, 1.165) is 44.9 Å². The van der Waals surface area contributed by atoms with Crippen molar-refractivity contribution in [3.05, 3.63) is 141 Å². The van der Waals surface area contributed by atoms with Crippen molar-refractivity contribution in [3.63, 3.8) is 0 Å². The van der Waals surface area contributed by atoms with Crippen molar-refractivity contribution in [3.8, 4) is 17.2 Å².